The summed E-state index contributed by atoms with van der Waals surface area (Å²) in [5.41, 5.74) is -0.254. The topological polar surface area (TPSA) is 86.2 Å². The quantitative estimate of drug-likeness (QED) is 0.608. The first-order valence-corrected chi connectivity index (χ1v) is 6.92. The molecule has 1 heterocycles. The fourth-order valence-electron chi connectivity index (χ4n) is 0.943. The fraction of sp³-hybridized carbons (Fsp3) is 0.444. The highest BCUT2D eigenvalue weighted by atomic mass is 35.5. The summed E-state index contributed by atoms with van der Waals surface area (Å²) in [6, 6.07) is 0. The van der Waals surface area contributed by atoms with Gasteiger partial charge in [-0.05, 0) is 13.8 Å². The first-order chi connectivity index (χ1) is 7.71. The molecule has 6 nitrogen and oxygen atoms in total. The predicted octanol–water partition coefficient (Wildman–Crippen LogP) is 1.10. The molecule has 0 radical (unpaired) electrons. The molecule has 0 N–H and O–H groups in total. The summed E-state index contributed by atoms with van der Waals surface area (Å²) in [5, 5.41) is -0.513. The van der Waals surface area contributed by atoms with Crippen molar-refractivity contribution >= 4 is 27.4 Å². The number of carbonyl (C=O) groups excluding carboxylic acids is 1. The molecule has 94 valence electrons. The number of aromatic nitrogens is 2. The summed E-state index contributed by atoms with van der Waals surface area (Å²) in [5.74, 6) is -0.780. The van der Waals surface area contributed by atoms with Gasteiger partial charge in [0.15, 0.2) is 5.69 Å². The highest BCUT2D eigenvalue weighted by molar-refractivity contribution is 7.90. The highest BCUT2D eigenvalue weighted by Crippen LogP contribution is 2.15. The molecule has 0 aliphatic heterocycles. The number of hydrogen-bond acceptors (Lipinski definition) is 6. The van der Waals surface area contributed by atoms with E-state index in [0.29, 0.717) is 0 Å². The molecule has 1 rings (SSSR count). The van der Waals surface area contributed by atoms with Gasteiger partial charge in [-0.3, -0.25) is 0 Å². The van der Waals surface area contributed by atoms with Crippen molar-refractivity contribution in [1.29, 1.82) is 0 Å². The number of esters is 1. The molecular weight excluding hydrogens is 268 g/mol. The lowest BCUT2D eigenvalue weighted by molar-refractivity contribution is 0.0370. The van der Waals surface area contributed by atoms with Crippen LogP contribution in [0.1, 0.15) is 24.3 Å². The second-order valence-electron chi connectivity index (χ2n) is 3.58. The van der Waals surface area contributed by atoms with E-state index in [-0.39, 0.29) is 16.8 Å². The van der Waals surface area contributed by atoms with E-state index in [0.717, 1.165) is 12.5 Å². The monoisotopic (exact) mass is 278 g/mol. The van der Waals surface area contributed by atoms with E-state index in [2.05, 4.69) is 9.97 Å². The van der Waals surface area contributed by atoms with Crippen LogP contribution < -0.4 is 0 Å². The number of halogens is 1. The molecule has 0 saturated carbocycles. The summed E-state index contributed by atoms with van der Waals surface area (Å²) in [6.07, 6.45) is 1.64. The van der Waals surface area contributed by atoms with Crippen LogP contribution in [0.2, 0.25) is 5.02 Å². The molecule has 0 fully saturated rings. The van der Waals surface area contributed by atoms with Crippen LogP contribution in [0.25, 0.3) is 0 Å². The Kier molecular flexibility index (Phi) is 4.05. The summed E-state index contributed by atoms with van der Waals surface area (Å²) in [4.78, 5) is 18.7. The second-order valence-corrected chi connectivity index (χ2v) is 5.89. The van der Waals surface area contributed by atoms with Gasteiger partial charge in [0.2, 0.25) is 15.0 Å². The van der Waals surface area contributed by atoms with Gasteiger partial charge in [-0.25, -0.2) is 23.2 Å². The Hall–Kier alpha value is -1.21. The smallest absolute Gasteiger partial charge is 0.358 e. The van der Waals surface area contributed by atoms with Gasteiger partial charge in [0.1, 0.15) is 0 Å². The standard InChI is InChI=1S/C9H11ClN2O4S/c1-5(2)16-8(13)7-6(10)4-11-9(12-7)17(3,14)15/h4-5H,1-3H3. The number of sulfone groups is 1. The van der Waals surface area contributed by atoms with Crippen LogP contribution in [-0.2, 0) is 14.6 Å². The van der Waals surface area contributed by atoms with Gasteiger partial charge in [0.25, 0.3) is 0 Å². The molecule has 1 aromatic heterocycles. The van der Waals surface area contributed by atoms with Gasteiger partial charge >= 0.3 is 5.97 Å². The molecule has 1 aromatic rings. The zero-order chi connectivity index (χ0) is 13.2. The van der Waals surface area contributed by atoms with Crippen molar-refractivity contribution in [3.8, 4) is 0 Å². The summed E-state index contributed by atoms with van der Waals surface area (Å²) in [7, 11) is -3.59. The maximum Gasteiger partial charge on any atom is 0.358 e. The zero-order valence-corrected chi connectivity index (χ0v) is 11.0. The molecular formula is C9H11ClN2O4S. The molecule has 8 heteroatoms. The third-order valence-electron chi connectivity index (χ3n) is 1.59. The lowest BCUT2D eigenvalue weighted by Gasteiger charge is -2.08. The number of hydrogen-bond donors (Lipinski definition) is 0. The second kappa shape index (κ2) is 4.97. The van der Waals surface area contributed by atoms with Crippen molar-refractivity contribution < 1.29 is 17.9 Å². The van der Waals surface area contributed by atoms with Crippen LogP contribution in [0.5, 0.6) is 0 Å². The Morgan fingerprint density at radius 2 is 2.06 bits per heavy atom. The largest absolute Gasteiger partial charge is 0.458 e. The maximum atomic E-state index is 11.6. The first kappa shape index (κ1) is 13.9. The fourth-order valence-corrected chi connectivity index (χ4v) is 1.61. The zero-order valence-electron chi connectivity index (χ0n) is 9.47. The van der Waals surface area contributed by atoms with Crippen molar-refractivity contribution in [2.45, 2.75) is 25.1 Å². The molecule has 0 aliphatic rings. The molecule has 0 saturated heterocycles. The van der Waals surface area contributed by atoms with Gasteiger partial charge in [0, 0.05) is 6.26 Å². The van der Waals surface area contributed by atoms with Gasteiger partial charge in [-0.15, -0.1) is 0 Å². The number of carbonyl (C=O) groups is 1. The van der Waals surface area contributed by atoms with Crippen molar-refractivity contribution in [2.75, 3.05) is 6.26 Å². The molecule has 0 amide bonds. The van der Waals surface area contributed by atoms with E-state index in [1.807, 2.05) is 0 Å². The summed E-state index contributed by atoms with van der Waals surface area (Å²) < 4.78 is 27.3. The molecule has 0 bridgehead atoms. The van der Waals surface area contributed by atoms with Crippen molar-refractivity contribution in [3.05, 3.63) is 16.9 Å². The Morgan fingerprint density at radius 3 is 2.53 bits per heavy atom. The van der Waals surface area contributed by atoms with Crippen molar-refractivity contribution in [2.24, 2.45) is 0 Å². The predicted molar refractivity (Wildman–Crippen MR) is 60.7 cm³/mol. The van der Waals surface area contributed by atoms with Crippen LogP contribution in [0, 0.1) is 0 Å². The lowest BCUT2D eigenvalue weighted by atomic mass is 10.4. The average molecular weight is 279 g/mol. The number of rotatable bonds is 3. The maximum absolute atomic E-state index is 11.6. The van der Waals surface area contributed by atoms with Crippen molar-refractivity contribution in [3.63, 3.8) is 0 Å². The van der Waals surface area contributed by atoms with E-state index in [1.54, 1.807) is 13.8 Å². The van der Waals surface area contributed by atoms with Gasteiger partial charge in [-0.2, -0.15) is 0 Å². The van der Waals surface area contributed by atoms with Crippen LogP contribution in [0.3, 0.4) is 0 Å². The minimum Gasteiger partial charge on any atom is -0.458 e. The summed E-state index contributed by atoms with van der Waals surface area (Å²) >= 11 is 5.70. The molecule has 0 aliphatic carbocycles. The van der Waals surface area contributed by atoms with E-state index in [1.165, 1.54) is 0 Å². The van der Waals surface area contributed by atoms with Gasteiger partial charge in [-0.1, -0.05) is 11.6 Å². The minimum atomic E-state index is -3.59. The van der Waals surface area contributed by atoms with Crippen LogP contribution >= 0.6 is 11.6 Å². The third-order valence-corrected chi connectivity index (χ3v) is 2.73. The van der Waals surface area contributed by atoms with Crippen LogP contribution in [-0.4, -0.2) is 36.7 Å². The first-order valence-electron chi connectivity index (χ1n) is 4.65. The molecule has 0 atom stereocenters. The number of nitrogens with zero attached hydrogens (tertiary/aromatic N) is 2. The average Bonchev–Trinajstić information content (AvgIpc) is 2.15. The van der Waals surface area contributed by atoms with E-state index in [9.17, 15) is 13.2 Å². The van der Waals surface area contributed by atoms with E-state index < -0.39 is 21.0 Å². The summed E-state index contributed by atoms with van der Waals surface area (Å²) in [6.45, 7) is 3.31. The van der Waals surface area contributed by atoms with Crippen LogP contribution in [0.4, 0.5) is 0 Å². The van der Waals surface area contributed by atoms with E-state index in [4.69, 9.17) is 16.3 Å². The molecule has 17 heavy (non-hydrogen) atoms. The molecule has 0 unspecified atom stereocenters. The normalized spacial score (nSPS) is 11.6. The lowest BCUT2D eigenvalue weighted by Crippen LogP contribution is -2.16. The third kappa shape index (κ3) is 3.64. The Labute approximate surface area is 104 Å². The highest BCUT2D eigenvalue weighted by Gasteiger charge is 2.20. The van der Waals surface area contributed by atoms with Gasteiger partial charge in [0.05, 0.1) is 17.3 Å². The van der Waals surface area contributed by atoms with Gasteiger partial charge < -0.3 is 4.74 Å². The number of ether oxygens (including phenoxy) is 1. The van der Waals surface area contributed by atoms with Crippen molar-refractivity contribution in [1.82, 2.24) is 9.97 Å². The van der Waals surface area contributed by atoms with E-state index >= 15 is 0 Å². The SMILES string of the molecule is CC(C)OC(=O)c1nc(S(C)(=O)=O)ncc1Cl. The molecule has 0 spiro atoms. The Bertz CT molecular complexity index is 542. The Balaban J connectivity index is 3.20. The molecule has 0 aromatic carbocycles. The van der Waals surface area contributed by atoms with Crippen LogP contribution in [0.15, 0.2) is 11.4 Å². The minimum absolute atomic E-state index is 0.0527. The Morgan fingerprint density at radius 1 is 1.47 bits per heavy atom.